The van der Waals surface area contributed by atoms with Gasteiger partial charge in [-0.1, -0.05) is 23.7 Å². The van der Waals surface area contributed by atoms with Crippen LogP contribution in [0.3, 0.4) is 0 Å². The van der Waals surface area contributed by atoms with E-state index in [1.807, 2.05) is 58.6 Å². The second-order valence-electron chi connectivity index (χ2n) is 11.3. The summed E-state index contributed by atoms with van der Waals surface area (Å²) >= 11 is 6.51. The third-order valence-corrected chi connectivity index (χ3v) is 5.89. The lowest BCUT2D eigenvalue weighted by molar-refractivity contribution is 0.0240. The predicted molar refractivity (Wildman–Crippen MR) is 152 cm³/mol. The second-order valence-corrected chi connectivity index (χ2v) is 11.7. The SMILES string of the molecule is CC(C)(C)OC(=O)NCCc1ccc(C(=O)Nc2cnc(N3CCN(C(=O)OC(C)(C)C)CC3)c(Cl)c2)cc1. The van der Waals surface area contributed by atoms with E-state index in [4.69, 9.17) is 21.1 Å². The molecule has 1 aromatic heterocycles. The summed E-state index contributed by atoms with van der Waals surface area (Å²) in [5.41, 5.74) is 0.854. The number of halogens is 1. The number of carbonyl (C=O) groups excluding carboxylic acids is 3. The number of anilines is 2. The zero-order chi connectivity index (χ0) is 28.8. The highest BCUT2D eigenvalue weighted by atomic mass is 35.5. The fraction of sp³-hybridized carbons (Fsp3) is 0.500. The third kappa shape index (κ3) is 9.62. The van der Waals surface area contributed by atoms with Crippen LogP contribution in [0.2, 0.25) is 5.02 Å². The van der Waals surface area contributed by atoms with Crippen molar-refractivity contribution in [2.45, 2.75) is 59.2 Å². The largest absolute Gasteiger partial charge is 0.444 e. The number of piperazine rings is 1. The smallest absolute Gasteiger partial charge is 0.410 e. The fourth-order valence-corrected chi connectivity index (χ4v) is 4.09. The molecule has 0 radical (unpaired) electrons. The van der Waals surface area contributed by atoms with Crippen LogP contribution in [0.5, 0.6) is 0 Å². The van der Waals surface area contributed by atoms with E-state index in [0.717, 1.165) is 5.56 Å². The molecule has 1 fully saturated rings. The molecule has 1 aliphatic rings. The number of carbonyl (C=O) groups is 3. The summed E-state index contributed by atoms with van der Waals surface area (Å²) in [5, 5.41) is 5.95. The molecule has 11 heteroatoms. The molecular weight excluding hydrogens is 522 g/mol. The Morgan fingerprint density at radius 1 is 0.949 bits per heavy atom. The van der Waals surface area contributed by atoms with Gasteiger partial charge in [0.15, 0.2) is 0 Å². The highest BCUT2D eigenvalue weighted by Gasteiger charge is 2.27. The molecule has 3 rings (SSSR count). The molecule has 1 saturated heterocycles. The average molecular weight is 560 g/mol. The molecule has 2 heterocycles. The van der Waals surface area contributed by atoms with Gasteiger partial charge in [-0.05, 0) is 71.7 Å². The van der Waals surface area contributed by atoms with Crippen molar-refractivity contribution in [1.29, 1.82) is 0 Å². The Hall–Kier alpha value is -3.53. The average Bonchev–Trinajstić information content (AvgIpc) is 2.82. The van der Waals surface area contributed by atoms with Crippen molar-refractivity contribution in [2.24, 2.45) is 0 Å². The van der Waals surface area contributed by atoms with Crippen molar-refractivity contribution < 1.29 is 23.9 Å². The molecule has 2 aromatic rings. The Labute approximate surface area is 235 Å². The van der Waals surface area contributed by atoms with Crippen molar-refractivity contribution in [2.75, 3.05) is 42.9 Å². The van der Waals surface area contributed by atoms with E-state index in [1.54, 1.807) is 29.3 Å². The molecular formula is C28H38ClN5O5. The van der Waals surface area contributed by atoms with Crippen molar-refractivity contribution >= 4 is 41.2 Å². The first-order valence-electron chi connectivity index (χ1n) is 13.0. The Morgan fingerprint density at radius 3 is 2.13 bits per heavy atom. The Kier molecular flexibility index (Phi) is 9.66. The molecule has 1 aromatic carbocycles. The number of ether oxygens (including phenoxy) is 2. The van der Waals surface area contributed by atoms with Crippen molar-refractivity contribution in [3.05, 3.63) is 52.7 Å². The van der Waals surface area contributed by atoms with E-state index >= 15 is 0 Å². The van der Waals surface area contributed by atoms with Crippen LogP contribution >= 0.6 is 11.6 Å². The van der Waals surface area contributed by atoms with Gasteiger partial charge in [0.1, 0.15) is 17.0 Å². The van der Waals surface area contributed by atoms with Gasteiger partial charge in [0.2, 0.25) is 0 Å². The number of rotatable bonds is 6. The van der Waals surface area contributed by atoms with Gasteiger partial charge in [0.25, 0.3) is 5.91 Å². The molecule has 0 bridgehead atoms. The minimum atomic E-state index is -0.544. The maximum Gasteiger partial charge on any atom is 0.410 e. The second kappa shape index (κ2) is 12.5. The molecule has 10 nitrogen and oxygen atoms in total. The summed E-state index contributed by atoms with van der Waals surface area (Å²) in [6.07, 6.45) is 1.38. The van der Waals surface area contributed by atoms with E-state index in [2.05, 4.69) is 15.6 Å². The number of benzene rings is 1. The number of amides is 3. The van der Waals surface area contributed by atoms with Crippen LogP contribution in [-0.4, -0.2) is 71.9 Å². The Bertz CT molecular complexity index is 1170. The molecule has 3 amide bonds. The molecule has 0 spiro atoms. The summed E-state index contributed by atoms with van der Waals surface area (Å²) in [6, 6.07) is 8.81. The van der Waals surface area contributed by atoms with E-state index in [9.17, 15) is 14.4 Å². The summed E-state index contributed by atoms with van der Waals surface area (Å²) in [5.74, 6) is 0.313. The Balaban J connectivity index is 1.49. The number of alkyl carbamates (subject to hydrolysis) is 1. The molecule has 2 N–H and O–H groups in total. The first kappa shape index (κ1) is 30.0. The lowest BCUT2D eigenvalue weighted by Crippen LogP contribution is -2.50. The van der Waals surface area contributed by atoms with Crippen LogP contribution in [-0.2, 0) is 15.9 Å². The summed E-state index contributed by atoms with van der Waals surface area (Å²) in [4.78, 5) is 44.9. The van der Waals surface area contributed by atoms with Crippen molar-refractivity contribution in [3.63, 3.8) is 0 Å². The molecule has 0 aliphatic carbocycles. The fourth-order valence-electron chi connectivity index (χ4n) is 3.81. The third-order valence-electron chi connectivity index (χ3n) is 5.61. The van der Waals surface area contributed by atoms with Gasteiger partial charge in [-0.15, -0.1) is 0 Å². The predicted octanol–water partition coefficient (Wildman–Crippen LogP) is 5.11. The van der Waals surface area contributed by atoms with Gasteiger partial charge in [0, 0.05) is 38.3 Å². The molecule has 0 unspecified atom stereocenters. The highest BCUT2D eigenvalue weighted by Crippen LogP contribution is 2.27. The molecule has 0 atom stereocenters. The minimum Gasteiger partial charge on any atom is -0.444 e. The lowest BCUT2D eigenvalue weighted by atomic mass is 10.1. The summed E-state index contributed by atoms with van der Waals surface area (Å²) < 4.78 is 10.7. The van der Waals surface area contributed by atoms with Gasteiger partial charge < -0.3 is 29.9 Å². The number of hydrogen-bond acceptors (Lipinski definition) is 7. The number of pyridine rings is 1. The van der Waals surface area contributed by atoms with Crippen LogP contribution in [0.4, 0.5) is 21.1 Å². The zero-order valence-corrected chi connectivity index (χ0v) is 24.2. The van der Waals surface area contributed by atoms with Gasteiger partial charge >= 0.3 is 12.2 Å². The molecule has 1 aliphatic heterocycles. The van der Waals surface area contributed by atoms with Gasteiger partial charge in [-0.2, -0.15) is 0 Å². The topological polar surface area (TPSA) is 113 Å². The van der Waals surface area contributed by atoms with Gasteiger partial charge in [-0.3, -0.25) is 4.79 Å². The van der Waals surface area contributed by atoms with Crippen LogP contribution in [0.15, 0.2) is 36.5 Å². The number of aromatic nitrogens is 1. The lowest BCUT2D eigenvalue weighted by Gasteiger charge is -2.36. The standard InChI is InChI=1S/C28H38ClN5O5/c1-27(2,3)38-25(36)30-12-11-19-7-9-20(10-8-19)24(35)32-21-17-22(29)23(31-18-21)33-13-15-34(16-14-33)26(37)39-28(4,5)6/h7-10,17-18H,11-16H2,1-6H3,(H,30,36)(H,32,35). The van der Waals surface area contributed by atoms with Crippen molar-refractivity contribution in [3.8, 4) is 0 Å². The number of nitrogens with one attached hydrogen (secondary N) is 2. The highest BCUT2D eigenvalue weighted by molar-refractivity contribution is 6.33. The Morgan fingerprint density at radius 2 is 1.56 bits per heavy atom. The maximum atomic E-state index is 12.7. The van der Waals surface area contributed by atoms with E-state index in [-0.39, 0.29) is 12.0 Å². The zero-order valence-electron chi connectivity index (χ0n) is 23.5. The number of hydrogen-bond donors (Lipinski definition) is 2. The van der Waals surface area contributed by atoms with Crippen LogP contribution in [0.1, 0.15) is 57.5 Å². The van der Waals surface area contributed by atoms with E-state index in [0.29, 0.717) is 61.2 Å². The first-order chi connectivity index (χ1) is 18.2. The van der Waals surface area contributed by atoms with Gasteiger partial charge in [0.05, 0.1) is 16.9 Å². The normalized spacial score (nSPS) is 14.0. The van der Waals surface area contributed by atoms with E-state index in [1.165, 1.54) is 0 Å². The first-order valence-corrected chi connectivity index (χ1v) is 13.3. The maximum absolute atomic E-state index is 12.7. The van der Waals surface area contributed by atoms with Gasteiger partial charge in [-0.25, -0.2) is 14.6 Å². The van der Waals surface area contributed by atoms with Crippen LogP contribution in [0, 0.1) is 0 Å². The van der Waals surface area contributed by atoms with Crippen LogP contribution in [0.25, 0.3) is 0 Å². The molecule has 212 valence electrons. The summed E-state index contributed by atoms with van der Waals surface area (Å²) in [7, 11) is 0. The summed E-state index contributed by atoms with van der Waals surface area (Å²) in [6.45, 7) is 13.5. The monoisotopic (exact) mass is 559 g/mol. The minimum absolute atomic E-state index is 0.287. The number of nitrogens with zero attached hydrogens (tertiary/aromatic N) is 3. The molecule has 39 heavy (non-hydrogen) atoms. The quantitative estimate of drug-likeness (QED) is 0.505. The van der Waals surface area contributed by atoms with E-state index < -0.39 is 17.3 Å². The molecule has 0 saturated carbocycles. The van der Waals surface area contributed by atoms with Crippen LogP contribution < -0.4 is 15.5 Å². The van der Waals surface area contributed by atoms with Crippen molar-refractivity contribution in [1.82, 2.24) is 15.2 Å².